The van der Waals surface area contributed by atoms with Gasteiger partial charge < -0.3 is 81.5 Å². The van der Waals surface area contributed by atoms with E-state index in [0.717, 1.165) is 0 Å². The topological polar surface area (TPSA) is 384 Å². The molecule has 3 aliphatic heterocycles. The molecule has 3 amide bonds. The standard InChI is InChI=1S/C49H76N4O18/c1-27-17-15-13-11-9-7-5-6-8-10-12-14-16-18-34(70-48-44(63)41(50)43(62)30(4)69-48)24-38-40(46(65)52-53-47(66)45(51)64)37(59)26-49(67,71-38)25-33(56)22-36(58)35(57)20-19-31(54)21-32(55)23-39(60)68-29(3)28(2)42(27)61/h5-18,27-38,40-44,48,54-59,61-63,67H,19-26,50H2,1-4H3,(H2,51,64)(H,52,65)(H,53,66)/b6-5+,9-7+,10-8+,13-11+,14-12+,17-15+,18-16+/t27-,28-,29-,30-,31+,32+,33-,34-,35+,36+,37-,38-,40+,41-,42+,43+,44-,48+,49+/m0/s1. The number of esters is 1. The number of fused-ring (bicyclic) bond motifs is 2. The molecule has 0 aliphatic carbocycles. The number of carbonyl (C=O) groups is 4. The normalized spacial score (nSPS) is 42.4. The average Bonchev–Trinajstić information content (AvgIpc) is 3.29. The molecule has 22 heteroatoms. The van der Waals surface area contributed by atoms with Crippen molar-refractivity contribution in [2.45, 2.75) is 177 Å². The van der Waals surface area contributed by atoms with Gasteiger partial charge in [-0.2, -0.15) is 0 Å². The zero-order valence-corrected chi connectivity index (χ0v) is 40.5. The summed E-state index contributed by atoms with van der Waals surface area (Å²) in [5.74, 6) is -9.50. The number of nitrogens with two attached hydrogens (primary N) is 2. The molecule has 3 aliphatic rings. The first-order valence-electron chi connectivity index (χ1n) is 23.8. The highest BCUT2D eigenvalue weighted by Crippen LogP contribution is 2.38. The van der Waals surface area contributed by atoms with Gasteiger partial charge in [0.25, 0.3) is 0 Å². The largest absolute Gasteiger partial charge is 0.462 e. The van der Waals surface area contributed by atoms with Crippen molar-refractivity contribution in [1.82, 2.24) is 10.9 Å². The van der Waals surface area contributed by atoms with Crippen LogP contribution >= 0.6 is 0 Å². The highest BCUT2D eigenvalue weighted by molar-refractivity contribution is 6.34. The number of ether oxygens (including phenoxy) is 4. The molecule has 3 heterocycles. The van der Waals surface area contributed by atoms with Crippen LogP contribution in [0.25, 0.3) is 0 Å². The summed E-state index contributed by atoms with van der Waals surface area (Å²) in [6.45, 7) is 6.68. The number of aliphatic hydroxyl groups is 10. The smallest absolute Gasteiger partial charge is 0.327 e. The Morgan fingerprint density at radius 3 is 1.83 bits per heavy atom. The van der Waals surface area contributed by atoms with Crippen molar-refractivity contribution >= 4 is 23.7 Å². The van der Waals surface area contributed by atoms with Crippen LogP contribution in [0, 0.1) is 17.8 Å². The molecule has 22 nitrogen and oxygen atoms in total. The van der Waals surface area contributed by atoms with Gasteiger partial charge in [0.05, 0.1) is 85.5 Å². The van der Waals surface area contributed by atoms with Gasteiger partial charge in [-0.3, -0.25) is 30.0 Å². The van der Waals surface area contributed by atoms with Crippen LogP contribution in [-0.2, 0) is 38.1 Å². The molecule has 0 unspecified atom stereocenters. The summed E-state index contributed by atoms with van der Waals surface area (Å²) in [5.41, 5.74) is 14.9. The predicted octanol–water partition coefficient (Wildman–Crippen LogP) is -1.74. The Labute approximate surface area is 413 Å². The number of primary amides is 1. The molecule has 0 radical (unpaired) electrons. The van der Waals surface area contributed by atoms with Gasteiger partial charge >= 0.3 is 17.8 Å². The molecule has 19 atom stereocenters. The van der Waals surface area contributed by atoms with Gasteiger partial charge in [-0.05, 0) is 33.1 Å². The van der Waals surface area contributed by atoms with Gasteiger partial charge in [0.2, 0.25) is 5.91 Å². The van der Waals surface area contributed by atoms with E-state index in [-0.39, 0.29) is 25.2 Å². The Morgan fingerprint density at radius 1 is 0.662 bits per heavy atom. The first-order chi connectivity index (χ1) is 33.4. The van der Waals surface area contributed by atoms with Gasteiger partial charge in [-0.25, -0.2) is 0 Å². The van der Waals surface area contributed by atoms with E-state index in [1.165, 1.54) is 13.0 Å². The maximum Gasteiger partial charge on any atom is 0.327 e. The maximum atomic E-state index is 13.6. The summed E-state index contributed by atoms with van der Waals surface area (Å²) in [5, 5.41) is 109. The Morgan fingerprint density at radius 2 is 1.24 bits per heavy atom. The lowest BCUT2D eigenvalue weighted by molar-refractivity contribution is -0.307. The monoisotopic (exact) mass is 1010 g/mol. The molecule has 2 bridgehead atoms. The van der Waals surface area contributed by atoms with Crippen molar-refractivity contribution < 1.29 is 89.2 Å². The molecular formula is C49H76N4O18. The molecule has 16 N–H and O–H groups in total. The van der Waals surface area contributed by atoms with Crippen molar-refractivity contribution in [2.75, 3.05) is 0 Å². The summed E-state index contributed by atoms with van der Waals surface area (Å²) in [7, 11) is 0. The van der Waals surface area contributed by atoms with Gasteiger partial charge in [0.15, 0.2) is 12.1 Å². The van der Waals surface area contributed by atoms with E-state index >= 15 is 0 Å². The van der Waals surface area contributed by atoms with Crippen LogP contribution in [0.3, 0.4) is 0 Å². The molecule has 0 aromatic rings. The summed E-state index contributed by atoms with van der Waals surface area (Å²) in [6, 6.07) is -1.20. The van der Waals surface area contributed by atoms with E-state index < -0.39 is 165 Å². The van der Waals surface area contributed by atoms with E-state index in [2.05, 4.69) is 0 Å². The zero-order valence-electron chi connectivity index (χ0n) is 40.5. The minimum atomic E-state index is -2.42. The molecule has 0 spiro atoms. The van der Waals surface area contributed by atoms with Crippen molar-refractivity contribution in [3.63, 3.8) is 0 Å². The Kier molecular flexibility index (Phi) is 25.6. The number of cyclic esters (lactones) is 1. The Hall–Kier alpha value is -4.50. The third-order valence-electron chi connectivity index (χ3n) is 12.6. The lowest BCUT2D eigenvalue weighted by Gasteiger charge is -2.46. The molecule has 0 aromatic heterocycles. The molecule has 3 rings (SSSR count). The number of hydrazine groups is 1. The number of aliphatic hydroxyl groups excluding tert-OH is 9. The fourth-order valence-corrected chi connectivity index (χ4v) is 8.25. The SMILES string of the molecule is C[C@@H]1[C@H](O)[C@@H](C)/C=C/C=C/C=C/C=C/C=C/C=C/C=C/[C@H](O[C@H]2O[C@@H](C)[C@@H](O)[C@H](N)[C@@H]2O)C[C@@H]2O[C@](O)(C[C@@H](O)C[C@@H](O)[C@H](O)CC[C@@H](O)C[C@@H](O)CC(=O)O[C@H]1C)C[C@H](O)[C@H]2C(=O)NNC(=O)C(N)=O. The van der Waals surface area contributed by atoms with Gasteiger partial charge in [-0.15, -0.1) is 0 Å². The van der Waals surface area contributed by atoms with Crippen LogP contribution in [-0.4, -0.2) is 172 Å². The second-order valence-corrected chi connectivity index (χ2v) is 18.5. The molecular weight excluding hydrogens is 933 g/mol. The molecule has 71 heavy (non-hydrogen) atoms. The first kappa shape index (κ1) is 60.8. The summed E-state index contributed by atoms with van der Waals surface area (Å²) in [4.78, 5) is 49.5. The summed E-state index contributed by atoms with van der Waals surface area (Å²) >= 11 is 0. The molecule has 2 saturated heterocycles. The number of rotatable bonds is 3. The van der Waals surface area contributed by atoms with E-state index in [4.69, 9.17) is 30.4 Å². The number of hydrogen-bond donors (Lipinski definition) is 14. The fraction of sp³-hybridized carbons (Fsp3) is 0.633. The van der Waals surface area contributed by atoms with Gasteiger partial charge in [0, 0.05) is 37.5 Å². The number of allylic oxidation sites excluding steroid dienone is 12. The second kappa shape index (κ2) is 29.9. The van der Waals surface area contributed by atoms with Crippen molar-refractivity contribution in [3.8, 4) is 0 Å². The summed E-state index contributed by atoms with van der Waals surface area (Å²) < 4.78 is 23.4. The minimum Gasteiger partial charge on any atom is -0.462 e. The Balaban J connectivity index is 1.95. The number of nitrogens with one attached hydrogen (secondary N) is 2. The van der Waals surface area contributed by atoms with Crippen LogP contribution in [0.5, 0.6) is 0 Å². The van der Waals surface area contributed by atoms with E-state index in [9.17, 15) is 70.2 Å². The third kappa shape index (κ3) is 20.5. The Bertz CT molecular complexity index is 1910. The highest BCUT2D eigenvalue weighted by Gasteiger charge is 2.51. The van der Waals surface area contributed by atoms with E-state index in [1.54, 1.807) is 86.8 Å². The average molecular weight is 1010 g/mol. The zero-order chi connectivity index (χ0) is 53.0. The second-order valence-electron chi connectivity index (χ2n) is 18.5. The van der Waals surface area contributed by atoms with Crippen molar-refractivity contribution in [3.05, 3.63) is 85.1 Å². The molecule has 2 fully saturated rings. The highest BCUT2D eigenvalue weighted by atomic mass is 16.7. The minimum absolute atomic E-state index is 0.142. The quantitative estimate of drug-likeness (QED) is 0.0848. The van der Waals surface area contributed by atoms with Crippen LogP contribution in [0.2, 0.25) is 0 Å². The van der Waals surface area contributed by atoms with Crippen LogP contribution in [0.15, 0.2) is 85.1 Å². The molecule has 0 aromatic carbocycles. The van der Waals surface area contributed by atoms with Crippen LogP contribution < -0.4 is 22.3 Å². The third-order valence-corrected chi connectivity index (χ3v) is 12.6. The van der Waals surface area contributed by atoms with Crippen molar-refractivity contribution in [1.29, 1.82) is 0 Å². The van der Waals surface area contributed by atoms with E-state index in [0.29, 0.717) is 0 Å². The summed E-state index contributed by atoms with van der Waals surface area (Å²) in [6.07, 6.45) is 1.95. The number of carbonyl (C=O) groups excluding carboxylic acids is 4. The first-order valence-corrected chi connectivity index (χ1v) is 23.8. The predicted molar refractivity (Wildman–Crippen MR) is 255 cm³/mol. The lowest BCUT2D eigenvalue weighted by Crippen LogP contribution is -2.62. The lowest BCUT2D eigenvalue weighted by atomic mass is 9.82. The van der Waals surface area contributed by atoms with Gasteiger partial charge in [0.1, 0.15) is 12.2 Å². The van der Waals surface area contributed by atoms with Crippen LogP contribution in [0.1, 0.15) is 79.1 Å². The number of hydrogen-bond acceptors (Lipinski definition) is 19. The van der Waals surface area contributed by atoms with E-state index in [1.807, 2.05) is 23.9 Å². The number of amides is 3. The molecule has 0 saturated carbocycles. The van der Waals surface area contributed by atoms with Crippen LogP contribution in [0.4, 0.5) is 0 Å². The maximum absolute atomic E-state index is 13.6. The molecule has 400 valence electrons. The fourth-order valence-electron chi connectivity index (χ4n) is 8.25. The van der Waals surface area contributed by atoms with Gasteiger partial charge in [-0.1, -0.05) is 98.9 Å². The van der Waals surface area contributed by atoms with Crippen molar-refractivity contribution in [2.24, 2.45) is 29.2 Å².